The number of fused-ring (bicyclic) bond motifs is 1. The Balaban J connectivity index is 2.05. The molecule has 0 saturated heterocycles. The summed E-state index contributed by atoms with van der Waals surface area (Å²) in [7, 11) is 0. The van der Waals surface area contributed by atoms with Crippen LogP contribution in [0, 0.1) is 0 Å². The molecular weight excluding hydrogens is 286 g/mol. The van der Waals surface area contributed by atoms with E-state index in [1.165, 1.54) is 0 Å². The molecule has 2 aromatic rings. The molecular formula is C16H17NO3S. The van der Waals surface area contributed by atoms with Gasteiger partial charge in [0.05, 0.1) is 6.42 Å². The second-order valence-corrected chi connectivity index (χ2v) is 5.61. The average molecular weight is 303 g/mol. The molecule has 2 rings (SSSR count). The first-order valence-corrected chi connectivity index (χ1v) is 7.58. The topological polar surface area (TPSA) is 66.4 Å². The van der Waals surface area contributed by atoms with Gasteiger partial charge >= 0.3 is 5.97 Å². The highest BCUT2D eigenvalue weighted by atomic mass is 32.1. The van der Waals surface area contributed by atoms with E-state index < -0.39 is 12.0 Å². The fourth-order valence-electron chi connectivity index (χ4n) is 2.08. The molecule has 2 N–H and O–H groups in total. The van der Waals surface area contributed by atoms with Crippen LogP contribution in [0.3, 0.4) is 0 Å². The van der Waals surface area contributed by atoms with Crippen molar-refractivity contribution in [3.05, 3.63) is 47.4 Å². The average Bonchev–Trinajstić information content (AvgIpc) is 2.86. The standard InChI is InChI=1S/C16H17NO3S/c1-2-3-7-13(16(19)20)17-15(18)9-11-10-21-14-8-5-4-6-12(11)14/h2-6,8,10,13H,7,9H2,1H3,(H,17,18)(H,19,20)/b3-2+. The highest BCUT2D eigenvalue weighted by molar-refractivity contribution is 7.17. The van der Waals surface area contributed by atoms with Crippen LogP contribution in [-0.2, 0) is 16.0 Å². The van der Waals surface area contributed by atoms with Gasteiger partial charge in [-0.05, 0) is 35.7 Å². The Morgan fingerprint density at radius 3 is 2.86 bits per heavy atom. The SMILES string of the molecule is C/C=C/CC(NC(=O)Cc1csc2ccccc12)C(=O)O. The molecule has 0 fully saturated rings. The number of allylic oxidation sites excluding steroid dienone is 1. The molecule has 1 aromatic carbocycles. The Labute approximate surface area is 127 Å². The molecule has 0 radical (unpaired) electrons. The van der Waals surface area contributed by atoms with Gasteiger partial charge in [-0.25, -0.2) is 4.79 Å². The van der Waals surface area contributed by atoms with Gasteiger partial charge in [0.15, 0.2) is 0 Å². The second kappa shape index (κ2) is 7.04. The molecule has 110 valence electrons. The van der Waals surface area contributed by atoms with Crippen LogP contribution in [0.1, 0.15) is 18.9 Å². The van der Waals surface area contributed by atoms with E-state index in [2.05, 4.69) is 5.32 Å². The van der Waals surface area contributed by atoms with Crippen molar-refractivity contribution in [1.82, 2.24) is 5.32 Å². The maximum absolute atomic E-state index is 12.0. The van der Waals surface area contributed by atoms with Gasteiger partial charge in [0, 0.05) is 4.70 Å². The number of carbonyl (C=O) groups is 2. The number of aliphatic carboxylic acids is 1. The van der Waals surface area contributed by atoms with E-state index in [1.807, 2.05) is 36.6 Å². The number of carbonyl (C=O) groups excluding carboxylic acids is 1. The number of carboxylic acid groups (broad SMARTS) is 1. The molecule has 0 aliphatic heterocycles. The first kappa shape index (κ1) is 15.3. The van der Waals surface area contributed by atoms with Crippen LogP contribution in [0.15, 0.2) is 41.8 Å². The highest BCUT2D eigenvalue weighted by Crippen LogP contribution is 2.25. The first-order chi connectivity index (χ1) is 10.1. The minimum atomic E-state index is -1.02. The molecule has 4 nitrogen and oxygen atoms in total. The predicted molar refractivity (Wildman–Crippen MR) is 84.5 cm³/mol. The Bertz CT molecular complexity index is 675. The smallest absolute Gasteiger partial charge is 0.326 e. The summed E-state index contributed by atoms with van der Waals surface area (Å²) in [5, 5.41) is 14.7. The van der Waals surface area contributed by atoms with Gasteiger partial charge in [-0.3, -0.25) is 4.79 Å². The molecule has 0 saturated carbocycles. The quantitative estimate of drug-likeness (QED) is 0.806. The van der Waals surface area contributed by atoms with Crippen LogP contribution in [0.5, 0.6) is 0 Å². The van der Waals surface area contributed by atoms with Crippen molar-refractivity contribution in [2.75, 3.05) is 0 Å². The van der Waals surface area contributed by atoms with Gasteiger partial charge in [-0.2, -0.15) is 0 Å². The molecule has 5 heteroatoms. The van der Waals surface area contributed by atoms with Crippen LogP contribution in [-0.4, -0.2) is 23.0 Å². The number of thiophene rings is 1. The van der Waals surface area contributed by atoms with Crippen molar-refractivity contribution in [2.45, 2.75) is 25.8 Å². The molecule has 0 aliphatic rings. The van der Waals surface area contributed by atoms with Gasteiger partial charge in [-0.15, -0.1) is 11.3 Å². The molecule has 21 heavy (non-hydrogen) atoms. The van der Waals surface area contributed by atoms with E-state index >= 15 is 0 Å². The summed E-state index contributed by atoms with van der Waals surface area (Å²) in [5.74, 6) is -1.29. The lowest BCUT2D eigenvalue weighted by Crippen LogP contribution is -2.41. The molecule has 0 spiro atoms. The van der Waals surface area contributed by atoms with Crippen molar-refractivity contribution in [3.8, 4) is 0 Å². The third-order valence-electron chi connectivity index (χ3n) is 3.15. The predicted octanol–water partition coefficient (Wildman–Crippen LogP) is 2.98. The minimum Gasteiger partial charge on any atom is -0.480 e. The summed E-state index contributed by atoms with van der Waals surface area (Å²) in [6, 6.07) is 7.00. The molecule has 1 aromatic heterocycles. The number of rotatable bonds is 6. The third-order valence-corrected chi connectivity index (χ3v) is 4.17. The minimum absolute atomic E-state index is 0.198. The zero-order valence-electron chi connectivity index (χ0n) is 11.7. The Hall–Kier alpha value is -2.14. The molecule has 1 heterocycles. The number of benzene rings is 1. The van der Waals surface area contributed by atoms with Crippen molar-refractivity contribution >= 4 is 33.3 Å². The lowest BCUT2D eigenvalue weighted by atomic mass is 10.1. The van der Waals surface area contributed by atoms with E-state index in [4.69, 9.17) is 5.11 Å². The number of hydrogen-bond acceptors (Lipinski definition) is 3. The lowest BCUT2D eigenvalue weighted by molar-refractivity contribution is -0.141. The maximum Gasteiger partial charge on any atom is 0.326 e. The zero-order chi connectivity index (χ0) is 15.2. The highest BCUT2D eigenvalue weighted by Gasteiger charge is 2.19. The van der Waals surface area contributed by atoms with E-state index in [9.17, 15) is 9.59 Å². The number of hydrogen-bond donors (Lipinski definition) is 2. The lowest BCUT2D eigenvalue weighted by Gasteiger charge is -2.12. The summed E-state index contributed by atoms with van der Waals surface area (Å²) in [6.45, 7) is 1.82. The van der Waals surface area contributed by atoms with Gasteiger partial charge < -0.3 is 10.4 Å². The third kappa shape index (κ3) is 3.92. The van der Waals surface area contributed by atoms with Crippen LogP contribution in [0.2, 0.25) is 0 Å². The van der Waals surface area contributed by atoms with E-state index in [0.717, 1.165) is 15.6 Å². The first-order valence-electron chi connectivity index (χ1n) is 6.70. The molecule has 0 aliphatic carbocycles. The Morgan fingerprint density at radius 2 is 2.14 bits per heavy atom. The van der Waals surface area contributed by atoms with Crippen molar-refractivity contribution in [2.24, 2.45) is 0 Å². The fraction of sp³-hybridized carbons (Fsp3) is 0.250. The molecule has 1 atom stereocenters. The Kier molecular flexibility index (Phi) is 5.11. The van der Waals surface area contributed by atoms with Crippen molar-refractivity contribution in [3.63, 3.8) is 0 Å². The number of carboxylic acids is 1. The van der Waals surface area contributed by atoms with Gasteiger partial charge in [-0.1, -0.05) is 30.4 Å². The number of nitrogens with one attached hydrogen (secondary N) is 1. The monoisotopic (exact) mass is 303 g/mol. The van der Waals surface area contributed by atoms with E-state index in [0.29, 0.717) is 6.42 Å². The summed E-state index contributed by atoms with van der Waals surface area (Å²) < 4.78 is 1.13. The summed E-state index contributed by atoms with van der Waals surface area (Å²) in [4.78, 5) is 23.1. The fourth-order valence-corrected chi connectivity index (χ4v) is 3.04. The summed E-state index contributed by atoms with van der Waals surface area (Å²) in [5.41, 5.74) is 0.934. The van der Waals surface area contributed by atoms with Crippen LogP contribution in [0.25, 0.3) is 10.1 Å². The molecule has 1 amide bonds. The van der Waals surface area contributed by atoms with Gasteiger partial charge in [0.2, 0.25) is 5.91 Å². The van der Waals surface area contributed by atoms with Crippen molar-refractivity contribution in [1.29, 1.82) is 0 Å². The largest absolute Gasteiger partial charge is 0.480 e. The maximum atomic E-state index is 12.0. The van der Waals surface area contributed by atoms with Crippen molar-refractivity contribution < 1.29 is 14.7 Å². The molecule has 1 unspecified atom stereocenters. The summed E-state index contributed by atoms with van der Waals surface area (Å²) in [6.07, 6.45) is 4.00. The van der Waals surface area contributed by atoms with Gasteiger partial charge in [0.25, 0.3) is 0 Å². The summed E-state index contributed by atoms with van der Waals surface area (Å²) >= 11 is 1.59. The normalized spacial score (nSPS) is 12.6. The number of amides is 1. The second-order valence-electron chi connectivity index (χ2n) is 4.70. The van der Waals surface area contributed by atoms with E-state index in [1.54, 1.807) is 23.5 Å². The van der Waals surface area contributed by atoms with Crippen LogP contribution >= 0.6 is 11.3 Å². The van der Waals surface area contributed by atoms with Crippen LogP contribution in [0.4, 0.5) is 0 Å². The molecule has 0 bridgehead atoms. The van der Waals surface area contributed by atoms with Gasteiger partial charge in [0.1, 0.15) is 6.04 Å². The zero-order valence-corrected chi connectivity index (χ0v) is 12.5. The van der Waals surface area contributed by atoms with E-state index in [-0.39, 0.29) is 12.3 Å². The van der Waals surface area contributed by atoms with Crippen LogP contribution < -0.4 is 5.32 Å². The Morgan fingerprint density at radius 1 is 1.38 bits per heavy atom.